The molecule has 0 aliphatic heterocycles. The molecule has 0 aliphatic rings. The maximum Gasteiger partial charge on any atom is 0.306 e. The molecule has 0 heterocycles. The average molecular weight is 1150 g/mol. The minimum Gasteiger partial charge on any atom is -0.462 e. The van der Waals surface area contributed by atoms with Crippen LogP contribution in [0, 0.1) is 0 Å². The minimum absolute atomic E-state index is 0.0679. The molecule has 0 bridgehead atoms. The van der Waals surface area contributed by atoms with Gasteiger partial charge in [0.2, 0.25) is 0 Å². The van der Waals surface area contributed by atoms with Gasteiger partial charge in [-0.2, -0.15) is 0 Å². The molecule has 0 aromatic rings. The van der Waals surface area contributed by atoms with Crippen molar-refractivity contribution in [1.29, 1.82) is 0 Å². The van der Waals surface area contributed by atoms with E-state index in [1.165, 1.54) is 315 Å². The van der Waals surface area contributed by atoms with Crippen LogP contribution in [0.15, 0.2) is 24.3 Å². The van der Waals surface area contributed by atoms with Gasteiger partial charge < -0.3 is 14.2 Å². The van der Waals surface area contributed by atoms with E-state index in [1.54, 1.807) is 0 Å². The first-order valence-electron chi connectivity index (χ1n) is 37.3. The van der Waals surface area contributed by atoms with Gasteiger partial charge >= 0.3 is 17.9 Å². The number of ether oxygens (including phenoxy) is 3. The lowest BCUT2D eigenvalue weighted by Gasteiger charge is -2.18. The molecule has 0 radical (unpaired) electrons. The summed E-state index contributed by atoms with van der Waals surface area (Å²) in [6.45, 7) is 6.71. The molecular formula is C76H144O6. The van der Waals surface area contributed by atoms with E-state index in [1.807, 2.05) is 0 Å². The van der Waals surface area contributed by atoms with Gasteiger partial charge in [0.25, 0.3) is 0 Å². The van der Waals surface area contributed by atoms with Gasteiger partial charge in [-0.15, -0.1) is 0 Å². The SMILES string of the molecule is CCCCCC/C=C\C/C=C\CCCCCCCCCC(=O)OC(COC(=O)CCCCCCCCCCCCCCCCCCCC)COC(=O)CCCCCCCCCCCCCCCCCCCCCCCCCCCCCC. The fourth-order valence-electron chi connectivity index (χ4n) is 11.6. The Kier molecular flexibility index (Phi) is 69.5. The van der Waals surface area contributed by atoms with Gasteiger partial charge in [0, 0.05) is 19.3 Å². The number of hydrogen-bond donors (Lipinski definition) is 0. The Morgan fingerprint density at radius 2 is 0.439 bits per heavy atom. The maximum absolute atomic E-state index is 13.0. The van der Waals surface area contributed by atoms with Crippen molar-refractivity contribution in [2.75, 3.05) is 13.2 Å². The largest absolute Gasteiger partial charge is 0.462 e. The monoisotopic (exact) mass is 1150 g/mol. The van der Waals surface area contributed by atoms with E-state index >= 15 is 0 Å². The van der Waals surface area contributed by atoms with Gasteiger partial charge in [-0.05, 0) is 51.4 Å². The molecule has 484 valence electrons. The van der Waals surface area contributed by atoms with Crippen LogP contribution in [0.2, 0.25) is 0 Å². The zero-order chi connectivity index (χ0) is 59.2. The van der Waals surface area contributed by atoms with E-state index in [-0.39, 0.29) is 31.1 Å². The standard InChI is InChI=1S/C76H144O6/c1-4-7-10-13-16-19-22-25-28-31-34-35-36-37-38-39-40-41-42-43-46-48-51-54-57-60-63-66-69-75(78)81-72-73(82-76(79)70-67-64-61-58-55-52-49-45-33-30-27-24-21-18-15-12-9-6-3)71-80-74(77)68-65-62-59-56-53-50-47-44-32-29-26-23-20-17-14-11-8-5-2/h21,24,30,33,73H,4-20,22-23,25-29,31-32,34-72H2,1-3H3/b24-21-,33-30-. The summed E-state index contributed by atoms with van der Waals surface area (Å²) in [5.41, 5.74) is 0. The minimum atomic E-state index is -0.773. The third-order valence-corrected chi connectivity index (χ3v) is 17.2. The van der Waals surface area contributed by atoms with Crippen molar-refractivity contribution in [3.8, 4) is 0 Å². The highest BCUT2D eigenvalue weighted by Gasteiger charge is 2.20. The highest BCUT2D eigenvalue weighted by Crippen LogP contribution is 2.19. The molecule has 0 saturated carbocycles. The van der Waals surface area contributed by atoms with Gasteiger partial charge in [-0.25, -0.2) is 0 Å². The fraction of sp³-hybridized carbons (Fsp3) is 0.908. The Labute approximate surface area is 513 Å². The third kappa shape index (κ3) is 68.7. The highest BCUT2D eigenvalue weighted by molar-refractivity contribution is 5.71. The third-order valence-electron chi connectivity index (χ3n) is 17.2. The van der Waals surface area contributed by atoms with Crippen molar-refractivity contribution in [2.45, 2.75) is 431 Å². The molecule has 1 unspecified atom stereocenters. The zero-order valence-corrected chi connectivity index (χ0v) is 55.8. The van der Waals surface area contributed by atoms with E-state index in [9.17, 15) is 14.4 Å². The Balaban J connectivity index is 4.22. The van der Waals surface area contributed by atoms with E-state index < -0.39 is 6.10 Å². The summed E-state index contributed by atoms with van der Waals surface area (Å²) in [5, 5.41) is 0. The van der Waals surface area contributed by atoms with Crippen molar-refractivity contribution in [2.24, 2.45) is 0 Å². The molecule has 0 fully saturated rings. The van der Waals surface area contributed by atoms with Crippen molar-refractivity contribution in [3.63, 3.8) is 0 Å². The van der Waals surface area contributed by atoms with Crippen molar-refractivity contribution in [1.82, 2.24) is 0 Å². The van der Waals surface area contributed by atoms with Gasteiger partial charge in [0.1, 0.15) is 13.2 Å². The summed E-state index contributed by atoms with van der Waals surface area (Å²) in [4.78, 5) is 38.5. The molecule has 0 aromatic heterocycles. The molecule has 0 amide bonds. The van der Waals surface area contributed by atoms with Crippen LogP contribution in [0.1, 0.15) is 425 Å². The molecule has 0 aromatic carbocycles. The van der Waals surface area contributed by atoms with E-state index in [4.69, 9.17) is 14.2 Å². The van der Waals surface area contributed by atoms with Gasteiger partial charge in [-0.3, -0.25) is 14.4 Å². The Bertz CT molecular complexity index is 1320. The Morgan fingerprint density at radius 1 is 0.244 bits per heavy atom. The first kappa shape index (κ1) is 79.9. The summed E-state index contributed by atoms with van der Waals surface area (Å²) in [7, 11) is 0. The molecule has 0 saturated heterocycles. The Morgan fingerprint density at radius 3 is 0.683 bits per heavy atom. The number of hydrogen-bond acceptors (Lipinski definition) is 6. The van der Waals surface area contributed by atoms with Crippen LogP contribution in [0.3, 0.4) is 0 Å². The lowest BCUT2D eigenvalue weighted by atomic mass is 10.0. The number of esters is 3. The van der Waals surface area contributed by atoms with Crippen LogP contribution in [0.25, 0.3) is 0 Å². The summed E-state index contributed by atoms with van der Waals surface area (Å²) in [6.07, 6.45) is 87.9. The first-order chi connectivity index (χ1) is 40.5. The van der Waals surface area contributed by atoms with E-state index in [0.29, 0.717) is 19.3 Å². The Hall–Kier alpha value is -2.11. The number of rotatable bonds is 70. The first-order valence-corrected chi connectivity index (χ1v) is 37.3. The van der Waals surface area contributed by atoms with Crippen LogP contribution in [-0.4, -0.2) is 37.2 Å². The summed E-state index contributed by atoms with van der Waals surface area (Å²) < 4.78 is 17.0. The maximum atomic E-state index is 13.0. The topological polar surface area (TPSA) is 78.9 Å². The molecule has 6 heteroatoms. The van der Waals surface area contributed by atoms with Crippen LogP contribution in [0.5, 0.6) is 0 Å². The van der Waals surface area contributed by atoms with Crippen LogP contribution in [-0.2, 0) is 28.6 Å². The molecule has 0 aliphatic carbocycles. The number of carbonyl (C=O) groups is 3. The predicted molar refractivity (Wildman–Crippen MR) is 358 cm³/mol. The average Bonchev–Trinajstić information content (AvgIpc) is 3.47. The van der Waals surface area contributed by atoms with Gasteiger partial charge in [0.15, 0.2) is 6.10 Å². The second-order valence-corrected chi connectivity index (χ2v) is 25.6. The quantitative estimate of drug-likeness (QED) is 0.0261. The van der Waals surface area contributed by atoms with Crippen molar-refractivity contribution in [3.05, 3.63) is 24.3 Å². The number of unbranched alkanes of at least 4 members (excludes halogenated alkanes) is 55. The normalized spacial score (nSPS) is 12.1. The molecule has 0 rings (SSSR count). The van der Waals surface area contributed by atoms with Crippen molar-refractivity contribution >= 4 is 17.9 Å². The molecule has 6 nitrogen and oxygen atoms in total. The summed E-state index contributed by atoms with van der Waals surface area (Å²) in [6, 6.07) is 0. The lowest BCUT2D eigenvalue weighted by Crippen LogP contribution is -2.30. The molecule has 0 N–H and O–H groups in total. The zero-order valence-electron chi connectivity index (χ0n) is 55.8. The van der Waals surface area contributed by atoms with Crippen molar-refractivity contribution < 1.29 is 28.6 Å². The molecular weight excluding hydrogens is 1010 g/mol. The highest BCUT2D eigenvalue weighted by atomic mass is 16.6. The van der Waals surface area contributed by atoms with E-state index in [2.05, 4.69) is 45.1 Å². The second-order valence-electron chi connectivity index (χ2n) is 25.6. The smallest absolute Gasteiger partial charge is 0.306 e. The fourth-order valence-corrected chi connectivity index (χ4v) is 11.6. The molecule has 0 spiro atoms. The van der Waals surface area contributed by atoms with E-state index in [0.717, 1.165) is 70.6 Å². The van der Waals surface area contributed by atoms with Gasteiger partial charge in [0.05, 0.1) is 0 Å². The molecule has 82 heavy (non-hydrogen) atoms. The summed E-state index contributed by atoms with van der Waals surface area (Å²) >= 11 is 0. The van der Waals surface area contributed by atoms with Crippen LogP contribution >= 0.6 is 0 Å². The second kappa shape index (κ2) is 71.4. The lowest BCUT2D eigenvalue weighted by molar-refractivity contribution is -0.167. The number of carbonyl (C=O) groups excluding carboxylic acids is 3. The van der Waals surface area contributed by atoms with Crippen LogP contribution in [0.4, 0.5) is 0 Å². The molecule has 1 atom stereocenters. The number of allylic oxidation sites excluding steroid dienone is 4. The predicted octanol–water partition coefficient (Wildman–Crippen LogP) is 25.7. The van der Waals surface area contributed by atoms with Crippen LogP contribution < -0.4 is 0 Å². The van der Waals surface area contributed by atoms with Gasteiger partial charge in [-0.1, -0.05) is 379 Å². The summed E-state index contributed by atoms with van der Waals surface area (Å²) in [5.74, 6) is -0.839.